The number of nitrogens with zero attached hydrogens (tertiary/aromatic N) is 2. The van der Waals surface area contributed by atoms with Gasteiger partial charge in [-0.1, -0.05) is 0 Å². The first kappa shape index (κ1) is 8.53. The topological polar surface area (TPSA) is 35.6 Å². The van der Waals surface area contributed by atoms with Crippen LogP contribution in [0, 0.1) is 0 Å². The number of hydrogen-bond acceptors (Lipinski definition) is 2. The number of nitrogens with one attached hydrogen (secondary N) is 1. The molecule has 4 nitrogen and oxygen atoms in total. The van der Waals surface area contributed by atoms with Crippen molar-refractivity contribution in [3.8, 4) is 0 Å². The van der Waals surface area contributed by atoms with Gasteiger partial charge in [0.1, 0.15) is 0 Å². The minimum atomic E-state index is 0.256. The van der Waals surface area contributed by atoms with Crippen LogP contribution in [0.25, 0.3) is 0 Å². The average Bonchev–Trinajstić information content (AvgIpc) is 2.99. The van der Waals surface area contributed by atoms with Gasteiger partial charge in [0.25, 0.3) is 0 Å². The Hall–Kier alpha value is -0.770. The van der Waals surface area contributed by atoms with Crippen molar-refractivity contribution in [2.75, 3.05) is 20.1 Å². The molecule has 0 aromatic heterocycles. The van der Waals surface area contributed by atoms with Gasteiger partial charge in [-0.05, 0) is 25.8 Å². The van der Waals surface area contributed by atoms with Gasteiger partial charge < -0.3 is 15.1 Å². The Bertz CT molecular complexity index is 264. The zero-order valence-electron chi connectivity index (χ0n) is 8.57. The Morgan fingerprint density at radius 3 is 2.79 bits per heavy atom. The van der Waals surface area contributed by atoms with Crippen molar-refractivity contribution in [2.45, 2.75) is 37.4 Å². The molecule has 0 aromatic rings. The van der Waals surface area contributed by atoms with E-state index in [1.807, 2.05) is 11.9 Å². The second-order valence-electron chi connectivity index (χ2n) is 4.66. The fourth-order valence-corrected chi connectivity index (χ4v) is 2.79. The fraction of sp³-hybridized carbons (Fsp3) is 0.900. The van der Waals surface area contributed by atoms with E-state index < -0.39 is 0 Å². The largest absolute Gasteiger partial charge is 0.321 e. The van der Waals surface area contributed by atoms with Gasteiger partial charge in [-0.25, -0.2) is 4.79 Å². The quantitative estimate of drug-likeness (QED) is 0.651. The normalized spacial score (nSPS) is 37.6. The first-order valence-electron chi connectivity index (χ1n) is 5.55. The van der Waals surface area contributed by atoms with Crippen molar-refractivity contribution >= 4 is 6.03 Å². The van der Waals surface area contributed by atoms with Crippen LogP contribution in [0.5, 0.6) is 0 Å². The molecule has 1 unspecified atom stereocenters. The van der Waals surface area contributed by atoms with Crippen LogP contribution in [0.15, 0.2) is 0 Å². The van der Waals surface area contributed by atoms with Crippen LogP contribution in [-0.2, 0) is 0 Å². The molecule has 2 saturated heterocycles. The number of piperidine rings is 1. The van der Waals surface area contributed by atoms with Crippen LogP contribution >= 0.6 is 0 Å². The van der Waals surface area contributed by atoms with Gasteiger partial charge in [-0.2, -0.15) is 0 Å². The first-order valence-corrected chi connectivity index (χ1v) is 5.55. The SMILES string of the molecule is CN1C(=O)N(C2CC2)[C@H]2CCNCC21. The number of hydrogen-bond donors (Lipinski definition) is 1. The summed E-state index contributed by atoms with van der Waals surface area (Å²) in [4.78, 5) is 16.0. The summed E-state index contributed by atoms with van der Waals surface area (Å²) in [6, 6.07) is 1.72. The van der Waals surface area contributed by atoms with Gasteiger partial charge in [0.15, 0.2) is 0 Å². The molecule has 2 heterocycles. The van der Waals surface area contributed by atoms with E-state index in [1.54, 1.807) is 0 Å². The van der Waals surface area contributed by atoms with E-state index in [0.29, 0.717) is 18.1 Å². The highest BCUT2D eigenvalue weighted by atomic mass is 16.2. The third-order valence-corrected chi connectivity index (χ3v) is 3.73. The highest BCUT2D eigenvalue weighted by molar-refractivity contribution is 5.78. The number of carbonyl (C=O) groups excluding carboxylic acids is 1. The number of rotatable bonds is 1. The lowest BCUT2D eigenvalue weighted by molar-refractivity contribution is 0.186. The van der Waals surface area contributed by atoms with Crippen molar-refractivity contribution in [2.24, 2.45) is 0 Å². The summed E-state index contributed by atoms with van der Waals surface area (Å²) in [5.41, 5.74) is 0. The summed E-state index contributed by atoms with van der Waals surface area (Å²) < 4.78 is 0. The molecule has 14 heavy (non-hydrogen) atoms. The fourth-order valence-electron chi connectivity index (χ4n) is 2.79. The lowest BCUT2D eigenvalue weighted by atomic mass is 10.0. The molecule has 2 amide bonds. The van der Waals surface area contributed by atoms with Gasteiger partial charge in [0, 0.05) is 19.6 Å². The standard InChI is InChI=1S/C10H17N3O/c1-12-9-6-11-5-4-8(9)13(10(12)14)7-2-3-7/h7-9,11H,2-6H2,1H3/t8-,9?/m0/s1. The molecular formula is C10H17N3O. The number of fused-ring (bicyclic) bond motifs is 1. The molecular weight excluding hydrogens is 178 g/mol. The minimum absolute atomic E-state index is 0.256. The van der Waals surface area contributed by atoms with Gasteiger partial charge in [0.2, 0.25) is 0 Å². The van der Waals surface area contributed by atoms with Gasteiger partial charge in [-0.15, -0.1) is 0 Å². The molecule has 3 fully saturated rings. The molecule has 0 aromatic carbocycles. The maximum atomic E-state index is 12.0. The molecule has 0 spiro atoms. The Labute approximate surface area is 84.2 Å². The summed E-state index contributed by atoms with van der Waals surface area (Å²) in [6.45, 7) is 2.03. The summed E-state index contributed by atoms with van der Waals surface area (Å²) in [7, 11) is 1.94. The molecule has 1 N–H and O–H groups in total. The summed E-state index contributed by atoms with van der Waals surface area (Å²) in [5.74, 6) is 0. The molecule has 0 bridgehead atoms. The Kier molecular flexibility index (Phi) is 1.74. The molecule has 0 radical (unpaired) electrons. The zero-order chi connectivity index (χ0) is 9.71. The Morgan fingerprint density at radius 1 is 1.29 bits per heavy atom. The number of carbonyl (C=O) groups is 1. The van der Waals surface area contributed by atoms with Crippen LogP contribution in [0.1, 0.15) is 19.3 Å². The molecule has 2 atom stereocenters. The van der Waals surface area contributed by atoms with Crippen LogP contribution in [0.4, 0.5) is 4.79 Å². The Balaban J connectivity index is 1.86. The summed E-state index contributed by atoms with van der Waals surface area (Å²) in [6.07, 6.45) is 3.56. The third kappa shape index (κ3) is 1.06. The van der Waals surface area contributed by atoms with E-state index in [9.17, 15) is 4.79 Å². The summed E-state index contributed by atoms with van der Waals surface area (Å²) in [5, 5.41) is 3.37. The van der Waals surface area contributed by atoms with Gasteiger partial charge in [0.05, 0.1) is 12.1 Å². The van der Waals surface area contributed by atoms with Crippen LogP contribution in [-0.4, -0.2) is 54.1 Å². The Morgan fingerprint density at radius 2 is 2.07 bits per heavy atom. The average molecular weight is 195 g/mol. The minimum Gasteiger partial charge on any atom is -0.321 e. The van der Waals surface area contributed by atoms with Crippen LogP contribution in [0.2, 0.25) is 0 Å². The highest BCUT2D eigenvalue weighted by Crippen LogP contribution is 2.36. The maximum absolute atomic E-state index is 12.0. The highest BCUT2D eigenvalue weighted by Gasteiger charge is 2.49. The zero-order valence-corrected chi connectivity index (χ0v) is 8.57. The van der Waals surface area contributed by atoms with E-state index in [2.05, 4.69) is 10.2 Å². The second kappa shape index (κ2) is 2.86. The monoisotopic (exact) mass is 195 g/mol. The maximum Gasteiger partial charge on any atom is 0.320 e. The van der Waals surface area contributed by atoms with E-state index >= 15 is 0 Å². The van der Waals surface area contributed by atoms with Gasteiger partial charge in [-0.3, -0.25) is 0 Å². The number of amides is 2. The summed E-state index contributed by atoms with van der Waals surface area (Å²) >= 11 is 0. The third-order valence-electron chi connectivity index (χ3n) is 3.73. The van der Waals surface area contributed by atoms with E-state index in [1.165, 1.54) is 12.8 Å². The van der Waals surface area contributed by atoms with E-state index in [0.717, 1.165) is 19.5 Å². The van der Waals surface area contributed by atoms with Gasteiger partial charge >= 0.3 is 6.03 Å². The smallest absolute Gasteiger partial charge is 0.320 e. The van der Waals surface area contributed by atoms with Crippen molar-refractivity contribution in [3.05, 3.63) is 0 Å². The molecule has 2 aliphatic heterocycles. The van der Waals surface area contributed by atoms with Crippen molar-refractivity contribution in [1.29, 1.82) is 0 Å². The molecule has 1 saturated carbocycles. The van der Waals surface area contributed by atoms with Crippen molar-refractivity contribution in [3.63, 3.8) is 0 Å². The predicted octanol–water partition coefficient (Wildman–Crippen LogP) is 0.247. The number of urea groups is 1. The molecule has 1 aliphatic carbocycles. The van der Waals surface area contributed by atoms with Crippen LogP contribution < -0.4 is 5.32 Å². The molecule has 4 heteroatoms. The van der Waals surface area contributed by atoms with Crippen molar-refractivity contribution in [1.82, 2.24) is 15.1 Å². The first-order chi connectivity index (χ1) is 6.79. The second-order valence-corrected chi connectivity index (χ2v) is 4.66. The van der Waals surface area contributed by atoms with E-state index in [-0.39, 0.29) is 6.03 Å². The predicted molar refractivity (Wildman–Crippen MR) is 53.1 cm³/mol. The molecule has 3 aliphatic rings. The number of likely N-dealkylation sites (N-methyl/N-ethyl adjacent to an activating group) is 1. The van der Waals surface area contributed by atoms with Crippen molar-refractivity contribution < 1.29 is 4.79 Å². The molecule has 78 valence electrons. The lowest BCUT2D eigenvalue weighted by Crippen LogP contribution is -2.49. The van der Waals surface area contributed by atoms with E-state index in [4.69, 9.17) is 0 Å². The van der Waals surface area contributed by atoms with Crippen LogP contribution in [0.3, 0.4) is 0 Å². The lowest BCUT2D eigenvalue weighted by Gasteiger charge is -2.31. The molecule has 3 rings (SSSR count).